The number of hydrazine groups is 1. The maximum absolute atomic E-state index is 12.4. The SMILES string of the molecule is CCCCC(=O)Nc1ccc(C(=O)NNC(=O)c2ccc(OCCC(C)C)c(Br)c2)cc1. The fourth-order valence-electron chi connectivity index (χ4n) is 2.69. The van der Waals surface area contributed by atoms with Crippen LogP contribution in [0.1, 0.15) is 67.2 Å². The van der Waals surface area contributed by atoms with Gasteiger partial charge in [-0.25, -0.2) is 0 Å². The van der Waals surface area contributed by atoms with Gasteiger partial charge in [0.25, 0.3) is 11.8 Å². The highest BCUT2D eigenvalue weighted by Crippen LogP contribution is 2.26. The van der Waals surface area contributed by atoms with Crippen molar-refractivity contribution < 1.29 is 19.1 Å². The molecule has 0 aromatic heterocycles. The third kappa shape index (κ3) is 8.34. The predicted molar refractivity (Wildman–Crippen MR) is 129 cm³/mol. The molecule has 2 rings (SSSR count). The quantitative estimate of drug-likeness (QED) is 0.394. The molecule has 0 fully saturated rings. The van der Waals surface area contributed by atoms with Crippen molar-refractivity contribution >= 4 is 39.3 Å². The summed E-state index contributed by atoms with van der Waals surface area (Å²) in [6.07, 6.45) is 3.18. The fourth-order valence-corrected chi connectivity index (χ4v) is 3.18. The molecule has 7 nitrogen and oxygen atoms in total. The summed E-state index contributed by atoms with van der Waals surface area (Å²) in [5, 5.41) is 2.79. The van der Waals surface area contributed by atoms with Gasteiger partial charge in [-0.1, -0.05) is 27.2 Å². The molecular weight excluding hydrogens is 474 g/mol. The Morgan fingerprint density at radius 1 is 0.969 bits per heavy atom. The number of benzene rings is 2. The summed E-state index contributed by atoms with van der Waals surface area (Å²) >= 11 is 3.41. The van der Waals surface area contributed by atoms with Gasteiger partial charge in [0.2, 0.25) is 5.91 Å². The van der Waals surface area contributed by atoms with Crippen molar-refractivity contribution in [2.45, 2.75) is 46.5 Å². The number of carbonyl (C=O) groups is 3. The van der Waals surface area contributed by atoms with Gasteiger partial charge < -0.3 is 10.1 Å². The van der Waals surface area contributed by atoms with E-state index in [1.165, 1.54) is 0 Å². The first-order chi connectivity index (χ1) is 15.3. The molecule has 8 heteroatoms. The standard InChI is InChI=1S/C24H30BrN3O4/c1-4-5-6-22(29)26-19-10-7-17(8-11-19)23(30)27-28-24(31)18-9-12-21(20(25)15-18)32-14-13-16(2)3/h7-12,15-16H,4-6,13-14H2,1-3H3,(H,26,29)(H,27,30)(H,28,31). The molecule has 2 aromatic rings. The number of hydrogen-bond donors (Lipinski definition) is 3. The molecule has 0 unspecified atom stereocenters. The van der Waals surface area contributed by atoms with E-state index in [4.69, 9.17) is 4.74 Å². The monoisotopic (exact) mass is 503 g/mol. The molecule has 2 aromatic carbocycles. The van der Waals surface area contributed by atoms with Gasteiger partial charge in [-0.3, -0.25) is 25.2 Å². The number of amides is 3. The number of unbranched alkanes of at least 4 members (excludes halogenated alkanes) is 1. The van der Waals surface area contributed by atoms with E-state index in [0.29, 0.717) is 46.0 Å². The lowest BCUT2D eigenvalue weighted by molar-refractivity contribution is -0.116. The molecule has 0 saturated carbocycles. The van der Waals surface area contributed by atoms with E-state index in [1.54, 1.807) is 42.5 Å². The third-order valence-electron chi connectivity index (χ3n) is 4.62. The average Bonchev–Trinajstić information content (AvgIpc) is 2.77. The molecule has 0 aliphatic rings. The van der Waals surface area contributed by atoms with Crippen molar-refractivity contribution in [2.75, 3.05) is 11.9 Å². The first-order valence-corrected chi connectivity index (χ1v) is 11.5. The molecule has 0 saturated heterocycles. The van der Waals surface area contributed by atoms with Gasteiger partial charge in [-0.05, 0) is 77.2 Å². The van der Waals surface area contributed by atoms with Gasteiger partial charge in [-0.15, -0.1) is 0 Å². The van der Waals surface area contributed by atoms with E-state index in [9.17, 15) is 14.4 Å². The zero-order valence-corrected chi connectivity index (χ0v) is 20.3. The van der Waals surface area contributed by atoms with Gasteiger partial charge in [-0.2, -0.15) is 0 Å². The van der Waals surface area contributed by atoms with E-state index in [0.717, 1.165) is 19.3 Å². The lowest BCUT2D eigenvalue weighted by Gasteiger charge is -2.12. The Morgan fingerprint density at radius 3 is 2.19 bits per heavy atom. The molecule has 0 heterocycles. The summed E-state index contributed by atoms with van der Waals surface area (Å²) in [5.41, 5.74) is 6.14. The van der Waals surface area contributed by atoms with Gasteiger partial charge in [0.05, 0.1) is 11.1 Å². The van der Waals surface area contributed by atoms with Crippen LogP contribution in [0.3, 0.4) is 0 Å². The Balaban J connectivity index is 1.86. The van der Waals surface area contributed by atoms with E-state index < -0.39 is 11.8 Å². The van der Waals surface area contributed by atoms with Gasteiger partial charge in [0, 0.05) is 23.2 Å². The molecule has 0 bridgehead atoms. The largest absolute Gasteiger partial charge is 0.492 e. The summed E-state index contributed by atoms with van der Waals surface area (Å²) in [6.45, 7) is 6.87. The first kappa shape index (κ1) is 25.4. The van der Waals surface area contributed by atoms with Crippen LogP contribution in [-0.2, 0) is 4.79 Å². The van der Waals surface area contributed by atoms with Gasteiger partial charge in [0.15, 0.2) is 0 Å². The van der Waals surface area contributed by atoms with E-state index in [1.807, 2.05) is 6.92 Å². The second-order valence-corrected chi connectivity index (χ2v) is 8.67. The zero-order valence-electron chi connectivity index (χ0n) is 18.7. The minimum absolute atomic E-state index is 0.0567. The fraction of sp³-hybridized carbons (Fsp3) is 0.375. The van der Waals surface area contributed by atoms with Crippen molar-refractivity contribution in [2.24, 2.45) is 5.92 Å². The summed E-state index contributed by atoms with van der Waals surface area (Å²) in [4.78, 5) is 36.5. The maximum Gasteiger partial charge on any atom is 0.269 e. The van der Waals surface area contributed by atoms with Crippen LogP contribution in [0.15, 0.2) is 46.9 Å². The van der Waals surface area contributed by atoms with Crippen LogP contribution >= 0.6 is 15.9 Å². The molecule has 172 valence electrons. The average molecular weight is 504 g/mol. The van der Waals surface area contributed by atoms with E-state index in [-0.39, 0.29) is 5.91 Å². The summed E-state index contributed by atoms with van der Waals surface area (Å²) in [7, 11) is 0. The lowest BCUT2D eigenvalue weighted by Crippen LogP contribution is -2.41. The van der Waals surface area contributed by atoms with Gasteiger partial charge in [0.1, 0.15) is 5.75 Å². The molecule has 0 spiro atoms. The second kappa shape index (κ2) is 12.9. The topological polar surface area (TPSA) is 96.5 Å². The van der Waals surface area contributed by atoms with Crippen LogP contribution in [0.4, 0.5) is 5.69 Å². The summed E-state index contributed by atoms with van der Waals surface area (Å²) in [5.74, 6) is 0.234. The van der Waals surface area contributed by atoms with Crippen molar-refractivity contribution in [3.8, 4) is 5.75 Å². The Labute approximate surface area is 197 Å². The number of nitrogens with one attached hydrogen (secondary N) is 3. The predicted octanol–water partition coefficient (Wildman–Crippen LogP) is 5.08. The van der Waals surface area contributed by atoms with Crippen LogP contribution in [0, 0.1) is 5.92 Å². The number of rotatable bonds is 10. The van der Waals surface area contributed by atoms with Crippen molar-refractivity contribution in [1.29, 1.82) is 0 Å². The Hall–Kier alpha value is -2.87. The highest BCUT2D eigenvalue weighted by molar-refractivity contribution is 9.10. The van der Waals surface area contributed by atoms with Crippen molar-refractivity contribution in [3.63, 3.8) is 0 Å². The van der Waals surface area contributed by atoms with Gasteiger partial charge >= 0.3 is 0 Å². The normalized spacial score (nSPS) is 10.5. The van der Waals surface area contributed by atoms with Crippen LogP contribution in [0.25, 0.3) is 0 Å². The number of hydrogen-bond acceptors (Lipinski definition) is 4. The first-order valence-electron chi connectivity index (χ1n) is 10.7. The molecule has 0 atom stereocenters. The smallest absolute Gasteiger partial charge is 0.269 e. The molecule has 0 radical (unpaired) electrons. The lowest BCUT2D eigenvalue weighted by atomic mass is 10.1. The molecule has 3 N–H and O–H groups in total. The maximum atomic E-state index is 12.4. The van der Waals surface area contributed by atoms with Crippen LogP contribution in [-0.4, -0.2) is 24.3 Å². The summed E-state index contributed by atoms with van der Waals surface area (Å²) in [6, 6.07) is 11.4. The molecular formula is C24H30BrN3O4. The Kier molecular flexibility index (Phi) is 10.2. The zero-order chi connectivity index (χ0) is 23.5. The van der Waals surface area contributed by atoms with Crippen LogP contribution < -0.4 is 20.9 Å². The minimum atomic E-state index is -0.463. The Morgan fingerprint density at radius 2 is 1.59 bits per heavy atom. The van der Waals surface area contributed by atoms with E-state index in [2.05, 4.69) is 45.9 Å². The van der Waals surface area contributed by atoms with Crippen molar-refractivity contribution in [1.82, 2.24) is 10.9 Å². The van der Waals surface area contributed by atoms with Crippen LogP contribution in [0.5, 0.6) is 5.75 Å². The third-order valence-corrected chi connectivity index (χ3v) is 5.24. The number of carbonyl (C=O) groups excluding carboxylic acids is 3. The van der Waals surface area contributed by atoms with Crippen LogP contribution in [0.2, 0.25) is 0 Å². The number of anilines is 1. The molecule has 32 heavy (non-hydrogen) atoms. The molecule has 0 aliphatic heterocycles. The summed E-state index contributed by atoms with van der Waals surface area (Å²) < 4.78 is 6.38. The minimum Gasteiger partial charge on any atom is -0.492 e. The van der Waals surface area contributed by atoms with E-state index >= 15 is 0 Å². The number of ether oxygens (including phenoxy) is 1. The molecule has 0 aliphatic carbocycles. The Bertz CT molecular complexity index is 929. The van der Waals surface area contributed by atoms with Crippen molar-refractivity contribution in [3.05, 3.63) is 58.1 Å². The number of halogens is 1. The highest BCUT2D eigenvalue weighted by Gasteiger charge is 2.12. The highest BCUT2D eigenvalue weighted by atomic mass is 79.9. The second-order valence-electron chi connectivity index (χ2n) is 7.81. The molecule has 3 amide bonds.